The summed E-state index contributed by atoms with van der Waals surface area (Å²) in [5, 5.41) is 13.8. The fraction of sp³-hybridized carbons (Fsp3) is 0.176. The summed E-state index contributed by atoms with van der Waals surface area (Å²) < 4.78 is 0. The van der Waals surface area contributed by atoms with E-state index >= 15 is 0 Å². The van der Waals surface area contributed by atoms with E-state index in [0.29, 0.717) is 18.9 Å². The Balaban J connectivity index is 1.55. The fourth-order valence-corrected chi connectivity index (χ4v) is 2.39. The van der Waals surface area contributed by atoms with Crippen LogP contribution in [0.5, 0.6) is 0 Å². The Morgan fingerprint density at radius 1 is 1.25 bits per heavy atom. The maximum Gasteiger partial charge on any atom is 0.311 e. The zero-order chi connectivity index (χ0) is 16.9. The quantitative estimate of drug-likeness (QED) is 0.523. The second-order valence-corrected chi connectivity index (χ2v) is 5.29. The van der Waals surface area contributed by atoms with Gasteiger partial charge in [-0.05, 0) is 18.2 Å². The smallest absolute Gasteiger partial charge is 0.311 e. The second-order valence-electron chi connectivity index (χ2n) is 5.29. The number of pyridine rings is 1. The van der Waals surface area contributed by atoms with E-state index in [0.717, 1.165) is 5.56 Å². The van der Waals surface area contributed by atoms with Crippen molar-refractivity contribution in [3.05, 3.63) is 64.3 Å². The molecule has 3 rings (SSSR count). The van der Waals surface area contributed by atoms with Gasteiger partial charge in [-0.1, -0.05) is 24.1 Å². The Morgan fingerprint density at radius 2 is 2.00 bits per heavy atom. The minimum Gasteiger partial charge on any atom is -0.347 e. The van der Waals surface area contributed by atoms with Crippen LogP contribution in [-0.2, 0) is 4.79 Å². The van der Waals surface area contributed by atoms with Crippen LogP contribution >= 0.6 is 0 Å². The van der Waals surface area contributed by atoms with E-state index in [9.17, 15) is 14.9 Å². The highest BCUT2D eigenvalue weighted by Gasteiger charge is 2.32. The van der Waals surface area contributed by atoms with Gasteiger partial charge in [0.2, 0.25) is 5.82 Å². The predicted molar refractivity (Wildman–Crippen MR) is 88.4 cm³/mol. The summed E-state index contributed by atoms with van der Waals surface area (Å²) in [5.74, 6) is 5.29. The summed E-state index contributed by atoms with van der Waals surface area (Å²) in [6, 6.07) is 12.1. The molecule has 0 atom stereocenters. The summed E-state index contributed by atoms with van der Waals surface area (Å²) in [6.45, 7) is 0.938. The Labute approximate surface area is 138 Å². The van der Waals surface area contributed by atoms with Crippen molar-refractivity contribution in [3.63, 3.8) is 0 Å². The van der Waals surface area contributed by atoms with Gasteiger partial charge in [0.05, 0.1) is 11.0 Å². The Hall–Kier alpha value is -3.40. The average molecular weight is 322 g/mol. The van der Waals surface area contributed by atoms with Crippen LogP contribution in [-0.4, -0.2) is 34.9 Å². The number of nitro groups is 1. The molecule has 120 valence electrons. The topological polar surface area (TPSA) is 88.4 Å². The molecule has 1 aromatic heterocycles. The van der Waals surface area contributed by atoms with Crippen molar-refractivity contribution >= 4 is 17.4 Å². The third kappa shape index (κ3) is 3.50. The predicted octanol–water partition coefficient (Wildman–Crippen LogP) is 1.35. The maximum atomic E-state index is 11.8. The standard InChI is InChI=1S/C17H14N4O3/c22-16(9-8-13-5-2-1-3-6-13)19-14-11-20(12-14)17-15(21(23)24)7-4-10-18-17/h1-7,10,14H,11-12H2,(H,19,22). The number of rotatable bonds is 3. The summed E-state index contributed by atoms with van der Waals surface area (Å²) >= 11 is 0. The van der Waals surface area contributed by atoms with E-state index in [1.165, 1.54) is 18.3 Å². The number of amides is 1. The first-order valence-electron chi connectivity index (χ1n) is 7.35. The number of hydrogen-bond acceptors (Lipinski definition) is 5. The van der Waals surface area contributed by atoms with Crippen LogP contribution in [0, 0.1) is 22.0 Å². The van der Waals surface area contributed by atoms with Crippen LogP contribution in [0.25, 0.3) is 0 Å². The number of benzene rings is 1. The third-order valence-corrected chi connectivity index (χ3v) is 3.57. The molecule has 1 saturated heterocycles. The monoisotopic (exact) mass is 322 g/mol. The van der Waals surface area contributed by atoms with Gasteiger partial charge in [0.1, 0.15) is 0 Å². The van der Waals surface area contributed by atoms with Crippen molar-refractivity contribution in [1.82, 2.24) is 10.3 Å². The van der Waals surface area contributed by atoms with Crippen LogP contribution in [0.4, 0.5) is 11.5 Å². The number of nitrogens with zero attached hydrogens (tertiary/aromatic N) is 3. The highest BCUT2D eigenvalue weighted by atomic mass is 16.6. The van der Waals surface area contributed by atoms with Gasteiger partial charge in [0, 0.05) is 36.8 Å². The molecule has 1 N–H and O–H groups in total. The number of nitrogens with one attached hydrogen (secondary N) is 1. The fourth-order valence-electron chi connectivity index (χ4n) is 2.39. The van der Waals surface area contributed by atoms with Crippen molar-refractivity contribution < 1.29 is 9.72 Å². The Kier molecular flexibility index (Phi) is 4.38. The van der Waals surface area contributed by atoms with Gasteiger partial charge in [-0.25, -0.2) is 4.98 Å². The van der Waals surface area contributed by atoms with Crippen LogP contribution < -0.4 is 10.2 Å². The lowest BCUT2D eigenvalue weighted by Gasteiger charge is -2.39. The summed E-state index contributed by atoms with van der Waals surface area (Å²) in [6.07, 6.45) is 1.51. The molecule has 7 nitrogen and oxygen atoms in total. The molecule has 0 unspecified atom stereocenters. The van der Waals surface area contributed by atoms with E-state index in [-0.39, 0.29) is 17.6 Å². The SMILES string of the molecule is O=C(C#Cc1ccccc1)NC1CN(c2ncccc2[N+](=O)[O-])C1. The molecule has 7 heteroatoms. The van der Waals surface area contributed by atoms with Crippen LogP contribution in [0.15, 0.2) is 48.7 Å². The minimum absolute atomic E-state index is 0.0360. The van der Waals surface area contributed by atoms with Gasteiger partial charge in [-0.3, -0.25) is 14.9 Å². The number of anilines is 1. The first-order valence-corrected chi connectivity index (χ1v) is 7.35. The third-order valence-electron chi connectivity index (χ3n) is 3.57. The lowest BCUT2D eigenvalue weighted by molar-refractivity contribution is -0.384. The van der Waals surface area contributed by atoms with Crippen molar-refractivity contribution in [2.45, 2.75) is 6.04 Å². The molecular weight excluding hydrogens is 308 g/mol. The largest absolute Gasteiger partial charge is 0.347 e. The molecule has 0 spiro atoms. The minimum atomic E-state index is -0.459. The molecule has 1 fully saturated rings. The molecule has 0 bridgehead atoms. The van der Waals surface area contributed by atoms with Gasteiger partial charge in [0.25, 0.3) is 5.91 Å². The first-order chi connectivity index (χ1) is 11.6. The molecule has 2 heterocycles. The maximum absolute atomic E-state index is 11.8. The number of carbonyl (C=O) groups is 1. The summed E-state index contributed by atoms with van der Waals surface area (Å²) in [4.78, 5) is 28.2. The summed E-state index contributed by atoms with van der Waals surface area (Å²) in [7, 11) is 0. The molecule has 1 amide bonds. The van der Waals surface area contributed by atoms with E-state index in [4.69, 9.17) is 0 Å². The zero-order valence-electron chi connectivity index (χ0n) is 12.7. The lowest BCUT2D eigenvalue weighted by atomic mass is 10.1. The van der Waals surface area contributed by atoms with Gasteiger partial charge in [-0.2, -0.15) is 0 Å². The highest BCUT2D eigenvalue weighted by Crippen LogP contribution is 2.28. The van der Waals surface area contributed by atoms with Crippen molar-refractivity contribution in [1.29, 1.82) is 0 Å². The highest BCUT2D eigenvalue weighted by molar-refractivity contribution is 5.94. The van der Waals surface area contributed by atoms with E-state index in [2.05, 4.69) is 22.1 Å². The van der Waals surface area contributed by atoms with Gasteiger partial charge < -0.3 is 10.2 Å². The lowest BCUT2D eigenvalue weighted by Crippen LogP contribution is -2.59. The Bertz CT molecular complexity index is 820. The van der Waals surface area contributed by atoms with Crippen molar-refractivity contribution in [2.24, 2.45) is 0 Å². The molecule has 1 aliphatic heterocycles. The second kappa shape index (κ2) is 6.79. The first kappa shape index (κ1) is 15.5. The average Bonchev–Trinajstić information content (AvgIpc) is 2.57. The molecular formula is C17H14N4O3. The van der Waals surface area contributed by atoms with Gasteiger partial charge in [0.15, 0.2) is 0 Å². The Morgan fingerprint density at radius 3 is 2.71 bits per heavy atom. The van der Waals surface area contributed by atoms with Crippen LogP contribution in [0.2, 0.25) is 0 Å². The number of aromatic nitrogens is 1. The zero-order valence-corrected chi connectivity index (χ0v) is 12.7. The van der Waals surface area contributed by atoms with Crippen LogP contribution in [0.1, 0.15) is 5.56 Å². The van der Waals surface area contributed by atoms with Crippen LogP contribution in [0.3, 0.4) is 0 Å². The normalized spacial score (nSPS) is 13.4. The number of carbonyl (C=O) groups excluding carboxylic acids is 1. The van der Waals surface area contributed by atoms with Crippen molar-refractivity contribution in [3.8, 4) is 11.8 Å². The molecule has 0 saturated carbocycles. The van der Waals surface area contributed by atoms with Gasteiger partial charge in [-0.15, -0.1) is 0 Å². The van der Waals surface area contributed by atoms with E-state index in [1.54, 1.807) is 4.90 Å². The molecule has 2 aromatic rings. The summed E-state index contributed by atoms with van der Waals surface area (Å²) in [5.41, 5.74) is 0.734. The van der Waals surface area contributed by atoms with E-state index in [1.807, 2.05) is 30.3 Å². The molecule has 24 heavy (non-hydrogen) atoms. The number of hydrogen-bond donors (Lipinski definition) is 1. The van der Waals surface area contributed by atoms with Crippen molar-refractivity contribution in [2.75, 3.05) is 18.0 Å². The van der Waals surface area contributed by atoms with E-state index < -0.39 is 4.92 Å². The molecule has 0 radical (unpaired) electrons. The molecule has 0 aliphatic carbocycles. The molecule has 1 aliphatic rings. The van der Waals surface area contributed by atoms with Gasteiger partial charge >= 0.3 is 5.69 Å². The molecule has 1 aromatic carbocycles.